The standard InChI is InChI=1S/2C21H16N2O.C15H17N3.C13H13N3.C11H13N3/c1-22-16-7-3-4-8-17(16)23-18-12-15-14-6-2-5-9-19(14)24-20(15)10-13(18)11-21(22)23;1-22-16-7-3-4-8-17(16)23-15-10-11-19-21(14(15)12-20(22)23)13-6-2-5-9-18(13)24-19;1-9-6-13-12(11(3)15(9)16-4)7-14-17(5)10(2)8-18(13)14;1-9-8-16-12-5-4-11(14-2)6-10(12)7-13(16)15(9)3;1-8-7-14-10-3-4-12-6-9(10)5-11(14)13(8)2/h2-10,12,21H,11H2,1H3;2-11,20H,12H2,1H3;6,8,14H,7H2,1-3,5H3;4-6,8,13H,7H2,1,3H3;3-4,6-7,11H,5H2,1-2H3. The molecule has 0 aliphatic carbocycles. The van der Waals surface area contributed by atoms with Crippen molar-refractivity contribution in [2.24, 2.45) is 0 Å². The molecule has 0 bridgehead atoms. The summed E-state index contributed by atoms with van der Waals surface area (Å²) in [5.74, 6) is 0. The molecule has 11 aromatic rings. The van der Waals surface area contributed by atoms with E-state index in [4.69, 9.17) is 22.0 Å². The van der Waals surface area contributed by atoms with Gasteiger partial charge in [-0.05, 0) is 152 Å². The molecule has 0 fully saturated rings. The van der Waals surface area contributed by atoms with Crippen LogP contribution in [0.1, 0.15) is 59.7 Å². The average Bonchev–Trinajstić information content (AvgIpc) is 1.56. The Balaban J connectivity index is 0.0000000922. The predicted octanol–water partition coefficient (Wildman–Crippen LogP) is 17.8. The lowest BCUT2D eigenvalue weighted by Crippen LogP contribution is -2.35. The molecular weight excluding hydrogens is 1190 g/mol. The van der Waals surface area contributed by atoms with E-state index in [1.807, 2.05) is 49.6 Å². The quantitative estimate of drug-likeness (QED) is 0.135. The van der Waals surface area contributed by atoms with Crippen LogP contribution in [0.4, 0.5) is 62.6 Å². The Bertz CT molecular complexity index is 5220. The molecule has 3 aromatic heterocycles. The van der Waals surface area contributed by atoms with Crippen LogP contribution in [-0.4, -0.2) is 85.8 Å². The maximum absolute atomic E-state index is 7.31. The zero-order chi connectivity index (χ0) is 65.7. The first-order valence-corrected chi connectivity index (χ1v) is 33.3. The van der Waals surface area contributed by atoms with Gasteiger partial charge in [0.15, 0.2) is 11.4 Å². The first kappa shape index (κ1) is 58.5. The molecule has 21 rings (SSSR count). The zero-order valence-electron chi connectivity index (χ0n) is 55.9. The van der Waals surface area contributed by atoms with Gasteiger partial charge < -0.3 is 57.8 Å². The van der Waals surface area contributed by atoms with Crippen LogP contribution in [0.25, 0.3) is 53.6 Å². The van der Waals surface area contributed by atoms with Gasteiger partial charge in [0.05, 0.1) is 35.9 Å². The van der Waals surface area contributed by atoms with Gasteiger partial charge in [-0.3, -0.25) is 4.98 Å². The number of aromatic nitrogens is 1. The smallest absolute Gasteiger partial charge is 0.193 e. The number of nitrogens with zero attached hydrogens (tertiary/aromatic N) is 13. The molecule has 96 heavy (non-hydrogen) atoms. The van der Waals surface area contributed by atoms with Gasteiger partial charge in [-0.2, -0.15) is 0 Å². The van der Waals surface area contributed by atoms with Gasteiger partial charge in [0.2, 0.25) is 0 Å². The van der Waals surface area contributed by atoms with Gasteiger partial charge in [-0.15, -0.1) is 0 Å². The number of rotatable bonds is 0. The van der Waals surface area contributed by atoms with Crippen molar-refractivity contribution in [1.82, 2.24) is 19.7 Å². The Labute approximate surface area is 560 Å². The summed E-state index contributed by atoms with van der Waals surface area (Å²) in [5, 5.41) is 4.90. The van der Waals surface area contributed by atoms with E-state index in [2.05, 4.69) is 267 Å². The number of hydrogen-bond donors (Lipinski definition) is 0. The van der Waals surface area contributed by atoms with Crippen LogP contribution in [0.15, 0.2) is 209 Å². The van der Waals surface area contributed by atoms with Gasteiger partial charge >= 0.3 is 0 Å². The fraction of sp³-hybridized carbons (Fsp3) is 0.247. The SMILES string of the molecule is CC1=CN2c3ccncc3CC2N1C.CN1c2ccccc2N2c3cc4c(cc3CC12)oc1ccccc14.CN1c2ccccc2N2c3ccc4oc5ccccc5c4c3CC12.[C-]#[N+]c1c(C)cc2c(c1C)CC1N(C)C(C)=CN21.[C-]#[N+]c1ccc2c(c1)CC1N(C)C(C)=CN21. The molecular formula is C81H75N13O2. The van der Waals surface area contributed by atoms with E-state index < -0.39 is 0 Å². The fourth-order valence-corrected chi connectivity index (χ4v) is 16.7. The lowest BCUT2D eigenvalue weighted by Gasteiger charge is -2.24. The van der Waals surface area contributed by atoms with Crippen molar-refractivity contribution < 1.29 is 8.83 Å². The van der Waals surface area contributed by atoms with Crippen molar-refractivity contribution in [3.63, 3.8) is 0 Å². The minimum absolute atomic E-state index is 0.358. The van der Waals surface area contributed by atoms with E-state index in [-0.39, 0.29) is 0 Å². The predicted molar refractivity (Wildman–Crippen MR) is 390 cm³/mol. The lowest BCUT2D eigenvalue weighted by molar-refractivity contribution is 0.344. The topological polar surface area (TPSA) is 80.3 Å². The molecule has 0 amide bonds. The van der Waals surface area contributed by atoms with Crippen LogP contribution in [-0.2, 0) is 32.1 Å². The summed E-state index contributed by atoms with van der Waals surface area (Å²) in [5.41, 5.74) is 30.1. The summed E-state index contributed by atoms with van der Waals surface area (Å²) >= 11 is 0. The Kier molecular flexibility index (Phi) is 13.5. The summed E-state index contributed by atoms with van der Waals surface area (Å²) in [6, 6.07) is 53.1. The van der Waals surface area contributed by atoms with E-state index in [0.717, 1.165) is 76.9 Å². The molecule has 5 unspecified atom stereocenters. The van der Waals surface area contributed by atoms with Crippen molar-refractivity contribution in [2.75, 3.05) is 69.5 Å². The number of hydrogen-bond acceptors (Lipinski definition) is 13. The number of allylic oxidation sites excluding steroid dienone is 3. The molecule has 5 atom stereocenters. The third-order valence-electron chi connectivity index (χ3n) is 22.0. The third-order valence-corrected chi connectivity index (χ3v) is 22.0. The Morgan fingerprint density at radius 2 is 0.906 bits per heavy atom. The maximum atomic E-state index is 7.31. The summed E-state index contributed by atoms with van der Waals surface area (Å²) < 4.78 is 12.1. The molecule has 0 radical (unpaired) electrons. The number of pyridine rings is 1. The van der Waals surface area contributed by atoms with Crippen LogP contribution in [0, 0.1) is 27.0 Å². The molecule has 13 heterocycles. The van der Waals surface area contributed by atoms with Crippen LogP contribution >= 0.6 is 0 Å². The first-order chi connectivity index (χ1) is 46.7. The Hall–Kier alpha value is -11.3. The van der Waals surface area contributed by atoms with Crippen molar-refractivity contribution in [3.05, 3.63) is 262 Å². The summed E-state index contributed by atoms with van der Waals surface area (Å²) in [7, 11) is 10.8. The first-order valence-electron chi connectivity index (χ1n) is 33.3. The molecule has 10 aliphatic heterocycles. The van der Waals surface area contributed by atoms with E-state index in [1.165, 1.54) is 118 Å². The number of likely N-dealkylation sites (N-methyl/N-ethyl adjacent to an activating group) is 5. The van der Waals surface area contributed by atoms with Crippen molar-refractivity contribution in [1.29, 1.82) is 0 Å². The van der Waals surface area contributed by atoms with Crippen LogP contribution in [0.3, 0.4) is 0 Å². The number of anilines is 9. The van der Waals surface area contributed by atoms with E-state index in [9.17, 15) is 0 Å². The van der Waals surface area contributed by atoms with Crippen molar-refractivity contribution in [3.8, 4) is 0 Å². The van der Waals surface area contributed by atoms with Crippen LogP contribution in [0.5, 0.6) is 0 Å². The highest BCUT2D eigenvalue weighted by Gasteiger charge is 2.44. The van der Waals surface area contributed by atoms with Gasteiger partial charge in [0.1, 0.15) is 53.2 Å². The van der Waals surface area contributed by atoms with Crippen LogP contribution < -0.4 is 34.3 Å². The van der Waals surface area contributed by atoms with Gasteiger partial charge in [0, 0.05) is 165 Å². The minimum atomic E-state index is 0.358. The fourth-order valence-electron chi connectivity index (χ4n) is 16.7. The molecule has 0 saturated heterocycles. The normalized spacial score (nSPS) is 20.0. The highest BCUT2D eigenvalue weighted by Crippen LogP contribution is 2.54. The van der Waals surface area contributed by atoms with Gasteiger partial charge in [-0.25, -0.2) is 9.69 Å². The minimum Gasteiger partial charge on any atom is -0.456 e. The summed E-state index contributed by atoms with van der Waals surface area (Å²) in [6.45, 7) is 24.9. The molecule has 0 saturated carbocycles. The lowest BCUT2D eigenvalue weighted by atomic mass is 10.00. The molecule has 10 aliphatic rings. The molecule has 476 valence electrons. The van der Waals surface area contributed by atoms with Gasteiger partial charge in [0.25, 0.3) is 0 Å². The zero-order valence-corrected chi connectivity index (χ0v) is 55.9. The Morgan fingerprint density at radius 1 is 0.396 bits per heavy atom. The maximum Gasteiger partial charge on any atom is 0.193 e. The highest BCUT2D eigenvalue weighted by atomic mass is 16.3. The number of benzene rings is 8. The average molecular weight is 1260 g/mol. The van der Waals surface area contributed by atoms with E-state index in [0.29, 0.717) is 30.8 Å². The molecule has 8 aromatic carbocycles. The van der Waals surface area contributed by atoms with Gasteiger partial charge in [-0.1, -0.05) is 72.8 Å². The second kappa shape index (κ2) is 22.2. The van der Waals surface area contributed by atoms with E-state index in [1.54, 1.807) is 0 Å². The highest BCUT2D eigenvalue weighted by molar-refractivity contribution is 6.10. The van der Waals surface area contributed by atoms with Crippen LogP contribution in [0.2, 0.25) is 0 Å². The number of fused-ring (bicyclic) bond motifs is 26. The monoisotopic (exact) mass is 1260 g/mol. The summed E-state index contributed by atoms with van der Waals surface area (Å²) in [6.07, 6.45) is 17.6. The van der Waals surface area contributed by atoms with Crippen molar-refractivity contribution in [2.45, 2.75) is 97.6 Å². The molecule has 15 heteroatoms. The molecule has 15 nitrogen and oxygen atoms in total. The number of para-hydroxylation sites is 6. The summed E-state index contributed by atoms with van der Waals surface area (Å²) in [4.78, 5) is 35.0. The third kappa shape index (κ3) is 8.86. The molecule has 0 spiro atoms. The molecule has 0 N–H and O–H groups in total. The Morgan fingerprint density at radius 3 is 1.56 bits per heavy atom. The van der Waals surface area contributed by atoms with E-state index >= 15 is 0 Å². The second-order valence-corrected chi connectivity index (χ2v) is 27.0. The number of aryl methyl sites for hydroxylation is 1. The largest absolute Gasteiger partial charge is 0.456 e. The number of furan rings is 2. The van der Waals surface area contributed by atoms with Crippen molar-refractivity contribution >= 4 is 106 Å². The second-order valence-electron chi connectivity index (χ2n) is 27.0.